The van der Waals surface area contributed by atoms with Gasteiger partial charge in [-0.15, -0.1) is 0 Å². The number of carbonyl (C=O) groups is 1. The molecule has 2 N–H and O–H groups in total. The third-order valence-electron chi connectivity index (χ3n) is 4.97. The second kappa shape index (κ2) is 7.71. The molecule has 30 heavy (non-hydrogen) atoms. The van der Waals surface area contributed by atoms with E-state index in [2.05, 4.69) is 4.57 Å². The summed E-state index contributed by atoms with van der Waals surface area (Å²) in [6.45, 7) is 2.72. The van der Waals surface area contributed by atoms with Gasteiger partial charge in [-0.2, -0.15) is 0 Å². The summed E-state index contributed by atoms with van der Waals surface area (Å²) < 4.78 is 7.87. The van der Waals surface area contributed by atoms with Gasteiger partial charge in [0.1, 0.15) is 0 Å². The highest BCUT2D eigenvalue weighted by Crippen LogP contribution is 2.37. The first-order chi connectivity index (χ1) is 14.5. The van der Waals surface area contributed by atoms with Crippen LogP contribution in [0.1, 0.15) is 22.8 Å². The fraction of sp³-hybridized carbons (Fsp3) is 0.0870. The topological polar surface area (TPSA) is 100 Å². The Hall–Kier alpha value is -4.13. The second-order valence-electron chi connectivity index (χ2n) is 6.73. The van der Waals surface area contributed by atoms with Crippen LogP contribution < -0.4 is 10.5 Å². The molecule has 0 aliphatic carbocycles. The normalized spacial score (nSPS) is 11.4. The molecule has 4 aromatic rings. The number of aromatic nitrogens is 1. The molecule has 0 spiro atoms. The first-order valence-corrected chi connectivity index (χ1v) is 9.43. The van der Waals surface area contributed by atoms with Gasteiger partial charge in [0.05, 0.1) is 16.0 Å². The zero-order valence-corrected chi connectivity index (χ0v) is 16.2. The Labute approximate surface area is 172 Å². The molecule has 0 bridgehead atoms. The summed E-state index contributed by atoms with van der Waals surface area (Å²) in [5.41, 5.74) is 8.37. The van der Waals surface area contributed by atoms with Crippen molar-refractivity contribution in [2.75, 3.05) is 0 Å². The number of nitrogens with zero attached hydrogens (tertiary/aromatic N) is 2. The van der Waals surface area contributed by atoms with Gasteiger partial charge in [-0.1, -0.05) is 18.2 Å². The molecular formula is C23H19N3O4. The molecule has 0 saturated heterocycles. The van der Waals surface area contributed by atoms with Gasteiger partial charge >= 0.3 is 5.97 Å². The molecule has 1 heterocycles. The number of hydrogen-bond acceptors (Lipinski definition) is 5. The second-order valence-corrected chi connectivity index (χ2v) is 6.73. The number of rotatable bonds is 5. The SMILES string of the molecule is CCn1c2ccccc2c2cc(/C=C/N)cc(OC(=O)c3ccc([N+](=O)[O-])cc3)c21. The Balaban J connectivity index is 1.86. The Kier molecular flexibility index (Phi) is 4.93. The highest BCUT2D eigenvalue weighted by molar-refractivity contribution is 6.11. The van der Waals surface area contributed by atoms with Crippen LogP contribution in [0.4, 0.5) is 5.69 Å². The lowest BCUT2D eigenvalue weighted by atomic mass is 10.1. The van der Waals surface area contributed by atoms with Crippen LogP contribution >= 0.6 is 0 Å². The van der Waals surface area contributed by atoms with Crippen molar-refractivity contribution < 1.29 is 14.5 Å². The maximum absolute atomic E-state index is 12.8. The summed E-state index contributed by atoms with van der Waals surface area (Å²) in [5.74, 6) is -0.185. The van der Waals surface area contributed by atoms with Crippen molar-refractivity contribution >= 4 is 39.5 Å². The third kappa shape index (κ3) is 3.26. The molecule has 0 saturated carbocycles. The highest BCUT2D eigenvalue weighted by Gasteiger charge is 2.18. The van der Waals surface area contributed by atoms with Crippen molar-refractivity contribution in [2.45, 2.75) is 13.5 Å². The highest BCUT2D eigenvalue weighted by atomic mass is 16.6. The fourth-order valence-corrected chi connectivity index (χ4v) is 3.66. The number of ether oxygens (including phenoxy) is 1. The van der Waals surface area contributed by atoms with E-state index in [0.717, 1.165) is 27.4 Å². The number of aryl methyl sites for hydroxylation is 1. The van der Waals surface area contributed by atoms with Gasteiger partial charge in [0.15, 0.2) is 5.75 Å². The van der Waals surface area contributed by atoms with Crippen LogP contribution in [0.5, 0.6) is 5.75 Å². The maximum Gasteiger partial charge on any atom is 0.343 e. The zero-order chi connectivity index (χ0) is 21.3. The molecular weight excluding hydrogens is 382 g/mol. The van der Waals surface area contributed by atoms with Crippen molar-refractivity contribution in [1.82, 2.24) is 4.57 Å². The van der Waals surface area contributed by atoms with E-state index < -0.39 is 10.9 Å². The van der Waals surface area contributed by atoms with Gasteiger partial charge in [0.25, 0.3) is 5.69 Å². The summed E-state index contributed by atoms with van der Waals surface area (Å²) >= 11 is 0. The predicted molar refractivity (Wildman–Crippen MR) is 116 cm³/mol. The van der Waals surface area contributed by atoms with E-state index in [9.17, 15) is 14.9 Å². The number of esters is 1. The number of nitro benzene ring substituents is 1. The van der Waals surface area contributed by atoms with E-state index in [4.69, 9.17) is 10.5 Å². The Morgan fingerprint density at radius 2 is 1.87 bits per heavy atom. The van der Waals surface area contributed by atoms with Crippen LogP contribution in [-0.4, -0.2) is 15.5 Å². The number of carbonyl (C=O) groups excluding carboxylic acids is 1. The number of non-ortho nitro benzene ring substituents is 1. The van der Waals surface area contributed by atoms with Crippen molar-refractivity contribution in [2.24, 2.45) is 5.73 Å². The molecule has 0 atom stereocenters. The van der Waals surface area contributed by atoms with Gasteiger partial charge < -0.3 is 15.0 Å². The molecule has 7 heteroatoms. The molecule has 0 fully saturated rings. The number of benzene rings is 3. The monoisotopic (exact) mass is 401 g/mol. The zero-order valence-electron chi connectivity index (χ0n) is 16.2. The molecule has 0 radical (unpaired) electrons. The van der Waals surface area contributed by atoms with Gasteiger partial charge in [-0.3, -0.25) is 10.1 Å². The van der Waals surface area contributed by atoms with Crippen LogP contribution in [0.3, 0.4) is 0 Å². The number of para-hydroxylation sites is 1. The summed E-state index contributed by atoms with van der Waals surface area (Å²) in [5, 5.41) is 12.8. The van der Waals surface area contributed by atoms with E-state index in [1.54, 1.807) is 12.1 Å². The molecule has 7 nitrogen and oxygen atoms in total. The fourth-order valence-electron chi connectivity index (χ4n) is 3.66. The largest absolute Gasteiger partial charge is 0.421 e. The molecule has 0 aliphatic rings. The predicted octanol–water partition coefficient (Wildman–Crippen LogP) is 4.87. The molecule has 1 aromatic heterocycles. The first-order valence-electron chi connectivity index (χ1n) is 9.43. The number of nitro groups is 1. The van der Waals surface area contributed by atoms with Crippen LogP contribution in [0, 0.1) is 10.1 Å². The molecule has 0 aliphatic heterocycles. The van der Waals surface area contributed by atoms with Gasteiger partial charge in [0.2, 0.25) is 0 Å². The number of nitrogens with two attached hydrogens (primary N) is 1. The van der Waals surface area contributed by atoms with Crippen molar-refractivity contribution in [1.29, 1.82) is 0 Å². The average molecular weight is 401 g/mol. The van der Waals surface area contributed by atoms with E-state index >= 15 is 0 Å². The van der Waals surface area contributed by atoms with Gasteiger partial charge in [-0.25, -0.2) is 4.79 Å². The minimum atomic E-state index is -0.590. The van der Waals surface area contributed by atoms with Crippen molar-refractivity contribution in [3.05, 3.63) is 88.1 Å². The van der Waals surface area contributed by atoms with Crippen LogP contribution in [0.2, 0.25) is 0 Å². The molecule has 4 rings (SSSR count). The molecule has 0 unspecified atom stereocenters. The van der Waals surface area contributed by atoms with E-state index in [1.165, 1.54) is 30.5 Å². The lowest BCUT2D eigenvalue weighted by molar-refractivity contribution is -0.384. The summed E-state index contributed by atoms with van der Waals surface area (Å²) in [7, 11) is 0. The smallest absolute Gasteiger partial charge is 0.343 e. The maximum atomic E-state index is 12.8. The van der Waals surface area contributed by atoms with E-state index in [-0.39, 0.29) is 11.3 Å². The molecule has 3 aromatic carbocycles. The third-order valence-corrected chi connectivity index (χ3v) is 4.97. The van der Waals surface area contributed by atoms with E-state index in [0.29, 0.717) is 12.3 Å². The standard InChI is InChI=1S/C23H19N3O4/c1-2-25-20-6-4-3-5-18(20)19-13-15(11-12-24)14-21(22(19)25)30-23(27)16-7-9-17(10-8-16)26(28)29/h3-14H,2,24H2,1H3/b12-11+. The van der Waals surface area contributed by atoms with E-state index in [1.807, 2.05) is 37.3 Å². The quantitative estimate of drug-likeness (QED) is 0.222. The Morgan fingerprint density at radius 1 is 1.13 bits per heavy atom. The average Bonchev–Trinajstić information content (AvgIpc) is 3.08. The van der Waals surface area contributed by atoms with Gasteiger partial charge in [-0.05, 0) is 55.1 Å². The van der Waals surface area contributed by atoms with Gasteiger partial charge in [0, 0.05) is 35.0 Å². The van der Waals surface area contributed by atoms with Crippen LogP contribution in [-0.2, 0) is 6.54 Å². The summed E-state index contributed by atoms with van der Waals surface area (Å²) in [4.78, 5) is 23.1. The minimum Gasteiger partial charge on any atom is -0.421 e. The minimum absolute atomic E-state index is 0.0878. The Bertz CT molecular complexity index is 1300. The van der Waals surface area contributed by atoms with Crippen LogP contribution in [0.15, 0.2) is 66.9 Å². The Morgan fingerprint density at radius 3 is 2.53 bits per heavy atom. The number of fused-ring (bicyclic) bond motifs is 3. The summed E-state index contributed by atoms with van der Waals surface area (Å²) in [6, 6.07) is 17.1. The van der Waals surface area contributed by atoms with Crippen LogP contribution in [0.25, 0.3) is 27.9 Å². The summed E-state index contributed by atoms with van der Waals surface area (Å²) in [6.07, 6.45) is 3.17. The molecule has 0 amide bonds. The van der Waals surface area contributed by atoms with Crippen molar-refractivity contribution in [3.8, 4) is 5.75 Å². The van der Waals surface area contributed by atoms with Crippen molar-refractivity contribution in [3.63, 3.8) is 0 Å². The number of hydrogen-bond donors (Lipinski definition) is 1. The first kappa shape index (κ1) is 19.2. The lowest BCUT2D eigenvalue weighted by Crippen LogP contribution is -2.10. The lowest BCUT2D eigenvalue weighted by Gasteiger charge is -2.11. The molecule has 150 valence electrons.